The van der Waals surface area contributed by atoms with Crippen LogP contribution in [0.5, 0.6) is 11.5 Å². The van der Waals surface area contributed by atoms with Crippen molar-refractivity contribution >= 4 is 5.91 Å². The van der Waals surface area contributed by atoms with Gasteiger partial charge in [-0.1, -0.05) is 30.3 Å². The molecule has 1 aromatic heterocycles. The molecule has 31 heavy (non-hydrogen) atoms. The number of aromatic amines is 1. The maximum atomic E-state index is 13.4. The van der Waals surface area contributed by atoms with Crippen molar-refractivity contribution in [3.63, 3.8) is 0 Å². The summed E-state index contributed by atoms with van der Waals surface area (Å²) < 4.78 is 21.8. The molecule has 0 aliphatic carbocycles. The van der Waals surface area contributed by atoms with E-state index in [0.29, 0.717) is 22.9 Å². The Morgan fingerprint density at radius 2 is 1.81 bits per heavy atom. The second-order valence-electron chi connectivity index (χ2n) is 7.10. The Morgan fingerprint density at radius 1 is 1.03 bits per heavy atom. The van der Waals surface area contributed by atoms with Crippen LogP contribution in [0.15, 0.2) is 48.5 Å². The van der Waals surface area contributed by atoms with E-state index in [1.165, 1.54) is 0 Å². The number of aromatic nitrogens is 2. The quantitative estimate of drug-likeness (QED) is 0.560. The molecule has 0 bridgehead atoms. The van der Waals surface area contributed by atoms with Crippen LogP contribution in [-0.4, -0.2) is 62.3 Å². The zero-order chi connectivity index (χ0) is 22.0. The Balaban J connectivity index is 1.89. The molecule has 1 aliphatic rings. The van der Waals surface area contributed by atoms with E-state index in [2.05, 4.69) is 10.2 Å². The molecule has 162 valence electrons. The van der Waals surface area contributed by atoms with Gasteiger partial charge in [-0.25, -0.2) is 0 Å². The second-order valence-corrected chi connectivity index (χ2v) is 7.10. The van der Waals surface area contributed by atoms with Gasteiger partial charge in [-0.2, -0.15) is 5.10 Å². The molecule has 8 heteroatoms. The van der Waals surface area contributed by atoms with E-state index in [-0.39, 0.29) is 12.5 Å². The van der Waals surface area contributed by atoms with E-state index >= 15 is 0 Å². The molecule has 0 fully saturated rings. The van der Waals surface area contributed by atoms with Crippen LogP contribution in [0, 0.1) is 0 Å². The maximum absolute atomic E-state index is 13.4. The smallest absolute Gasteiger partial charge is 0.273 e. The molecule has 3 aromatic rings. The van der Waals surface area contributed by atoms with Gasteiger partial charge in [0.15, 0.2) is 6.29 Å². The highest BCUT2D eigenvalue weighted by molar-refractivity contribution is 6.00. The van der Waals surface area contributed by atoms with Crippen LogP contribution in [-0.2, 0) is 9.47 Å². The molecule has 0 radical (unpaired) electrons. The summed E-state index contributed by atoms with van der Waals surface area (Å²) in [6.07, 6.45) is -0.571. The number of rotatable bonds is 8. The highest BCUT2D eigenvalue weighted by Crippen LogP contribution is 2.45. The Morgan fingerprint density at radius 3 is 2.52 bits per heavy atom. The third-order valence-corrected chi connectivity index (χ3v) is 5.51. The summed E-state index contributed by atoms with van der Waals surface area (Å²) >= 11 is 0. The molecule has 0 saturated heterocycles. The number of fused-ring (bicyclic) bond motifs is 1. The van der Waals surface area contributed by atoms with Gasteiger partial charge < -0.3 is 23.8 Å². The lowest BCUT2D eigenvalue weighted by Crippen LogP contribution is -2.38. The van der Waals surface area contributed by atoms with Crippen LogP contribution in [0.25, 0.3) is 11.3 Å². The molecule has 2 aromatic carbocycles. The van der Waals surface area contributed by atoms with E-state index in [9.17, 15) is 4.79 Å². The fourth-order valence-electron chi connectivity index (χ4n) is 4.00. The average Bonchev–Trinajstić information content (AvgIpc) is 3.36. The first-order valence-corrected chi connectivity index (χ1v) is 9.85. The molecule has 0 saturated carbocycles. The molecule has 1 N–H and O–H groups in total. The zero-order valence-corrected chi connectivity index (χ0v) is 17.9. The van der Waals surface area contributed by atoms with Crippen LogP contribution in [0.1, 0.15) is 27.7 Å². The number of H-pyrrole nitrogens is 1. The van der Waals surface area contributed by atoms with E-state index in [4.69, 9.17) is 18.9 Å². The molecule has 1 amide bonds. The Labute approximate surface area is 180 Å². The molecule has 1 aliphatic heterocycles. The third-order valence-electron chi connectivity index (χ3n) is 5.51. The third kappa shape index (κ3) is 3.64. The molecular formula is C23H25N3O5. The molecule has 2 heterocycles. The molecule has 1 unspecified atom stereocenters. The number of nitrogens with one attached hydrogen (secondary N) is 1. The van der Waals surface area contributed by atoms with Crippen molar-refractivity contribution < 1.29 is 23.7 Å². The summed E-state index contributed by atoms with van der Waals surface area (Å²) in [5, 5.41) is 7.43. The van der Waals surface area contributed by atoms with Gasteiger partial charge in [-0.3, -0.25) is 9.89 Å². The summed E-state index contributed by atoms with van der Waals surface area (Å²) in [5.41, 5.74) is 3.62. The van der Waals surface area contributed by atoms with Gasteiger partial charge in [0.2, 0.25) is 0 Å². The topological polar surface area (TPSA) is 85.9 Å². The maximum Gasteiger partial charge on any atom is 0.273 e. The fourth-order valence-corrected chi connectivity index (χ4v) is 4.00. The lowest BCUT2D eigenvalue weighted by Gasteiger charge is -2.29. The Bertz CT molecular complexity index is 1080. The van der Waals surface area contributed by atoms with Gasteiger partial charge in [-0.15, -0.1) is 0 Å². The largest absolute Gasteiger partial charge is 0.497 e. The predicted octanol–water partition coefficient (Wildman–Crippen LogP) is 3.26. The monoisotopic (exact) mass is 423 g/mol. The van der Waals surface area contributed by atoms with E-state index < -0.39 is 12.3 Å². The number of benzene rings is 2. The summed E-state index contributed by atoms with van der Waals surface area (Å²) in [5.74, 6) is 1.22. The Hall–Kier alpha value is -3.36. The summed E-state index contributed by atoms with van der Waals surface area (Å²) in [7, 11) is 6.34. The fraction of sp³-hybridized carbons (Fsp3) is 0.304. The van der Waals surface area contributed by atoms with Crippen LogP contribution < -0.4 is 9.47 Å². The molecule has 8 nitrogen and oxygen atoms in total. The molecular weight excluding hydrogens is 398 g/mol. The minimum absolute atomic E-state index is 0.174. The minimum atomic E-state index is -0.571. The van der Waals surface area contributed by atoms with Gasteiger partial charge in [0, 0.05) is 30.9 Å². The van der Waals surface area contributed by atoms with Crippen molar-refractivity contribution in [2.24, 2.45) is 0 Å². The molecule has 1 atom stereocenters. The van der Waals surface area contributed by atoms with Crippen LogP contribution in [0.2, 0.25) is 0 Å². The summed E-state index contributed by atoms with van der Waals surface area (Å²) in [6.45, 7) is 0.245. The average molecular weight is 423 g/mol. The van der Waals surface area contributed by atoms with Crippen molar-refractivity contribution in [2.45, 2.75) is 12.3 Å². The number of hydrogen-bond donors (Lipinski definition) is 1. The second kappa shape index (κ2) is 8.79. The van der Waals surface area contributed by atoms with Gasteiger partial charge in [0.25, 0.3) is 5.91 Å². The lowest BCUT2D eigenvalue weighted by atomic mass is 9.95. The van der Waals surface area contributed by atoms with Gasteiger partial charge in [0.1, 0.15) is 17.2 Å². The number of carbonyl (C=O) groups is 1. The lowest BCUT2D eigenvalue weighted by molar-refractivity contribution is -0.113. The zero-order valence-electron chi connectivity index (χ0n) is 17.9. The van der Waals surface area contributed by atoms with Gasteiger partial charge in [-0.05, 0) is 18.2 Å². The van der Waals surface area contributed by atoms with E-state index in [0.717, 1.165) is 16.7 Å². The van der Waals surface area contributed by atoms with Crippen molar-refractivity contribution in [3.05, 3.63) is 65.4 Å². The summed E-state index contributed by atoms with van der Waals surface area (Å²) in [6, 6.07) is 14.8. The van der Waals surface area contributed by atoms with Crippen LogP contribution >= 0.6 is 0 Å². The van der Waals surface area contributed by atoms with E-state index in [1.807, 2.05) is 48.5 Å². The Kier molecular flexibility index (Phi) is 5.92. The normalized spacial score (nSPS) is 15.5. The van der Waals surface area contributed by atoms with Crippen molar-refractivity contribution in [3.8, 4) is 22.8 Å². The first-order valence-electron chi connectivity index (χ1n) is 9.85. The highest BCUT2D eigenvalue weighted by atomic mass is 16.7. The van der Waals surface area contributed by atoms with Gasteiger partial charge >= 0.3 is 0 Å². The van der Waals surface area contributed by atoms with Crippen molar-refractivity contribution in [1.82, 2.24) is 15.1 Å². The van der Waals surface area contributed by atoms with Crippen LogP contribution in [0.4, 0.5) is 0 Å². The number of ether oxygens (including phenoxy) is 4. The number of nitrogens with zero attached hydrogens (tertiary/aromatic N) is 2. The van der Waals surface area contributed by atoms with Crippen LogP contribution in [0.3, 0.4) is 0 Å². The van der Waals surface area contributed by atoms with Crippen molar-refractivity contribution in [1.29, 1.82) is 0 Å². The minimum Gasteiger partial charge on any atom is -0.497 e. The predicted molar refractivity (Wildman–Crippen MR) is 114 cm³/mol. The summed E-state index contributed by atoms with van der Waals surface area (Å²) in [4.78, 5) is 15.1. The van der Waals surface area contributed by atoms with Gasteiger partial charge in [0.05, 0.1) is 32.5 Å². The molecule has 0 spiro atoms. The van der Waals surface area contributed by atoms with E-state index in [1.54, 1.807) is 33.3 Å². The number of amides is 1. The SMILES string of the molecule is COc1cccc(-c2n[nH]c3c2C(c2ccccc2OC)N(CC(OC)OC)C3=O)c1. The van der Waals surface area contributed by atoms with Crippen molar-refractivity contribution in [2.75, 3.05) is 35.0 Å². The highest BCUT2D eigenvalue weighted by Gasteiger charge is 2.44. The number of hydrogen-bond acceptors (Lipinski definition) is 6. The first-order chi connectivity index (χ1) is 15.1. The standard InChI is InChI=1S/C23H25N3O5/c1-28-15-9-7-8-14(12-15)20-19-21(25-24-20)23(27)26(13-18(30-3)31-4)22(19)16-10-5-6-11-17(16)29-2/h5-12,18,22H,13H2,1-4H3,(H,24,25). The molecule has 4 rings (SSSR count). The first kappa shape index (κ1) is 20.9. The number of carbonyl (C=O) groups excluding carboxylic acids is 1. The number of para-hydroxylation sites is 1. The number of methoxy groups -OCH3 is 4.